The molecule has 29 heavy (non-hydrogen) atoms. The molecule has 1 aliphatic rings. The van der Waals surface area contributed by atoms with Crippen LogP contribution in [0.3, 0.4) is 0 Å². The topological polar surface area (TPSA) is 6.48 Å². The van der Waals surface area contributed by atoms with Gasteiger partial charge in [0.05, 0.1) is 6.17 Å². The Balaban J connectivity index is 1.62. The van der Waals surface area contributed by atoms with Gasteiger partial charge in [0, 0.05) is 26.2 Å². The van der Waals surface area contributed by atoms with E-state index < -0.39 is 0 Å². The van der Waals surface area contributed by atoms with E-state index >= 15 is 0 Å². The molecule has 0 aliphatic carbocycles. The van der Waals surface area contributed by atoms with Crippen molar-refractivity contribution in [3.8, 4) is 0 Å². The number of hydrogen-bond donors (Lipinski definition) is 0. The van der Waals surface area contributed by atoms with Crippen molar-refractivity contribution >= 4 is 0 Å². The molecular weight excluding hydrogens is 366 g/mol. The van der Waals surface area contributed by atoms with Crippen molar-refractivity contribution in [2.75, 3.05) is 13.1 Å². The van der Waals surface area contributed by atoms with Crippen LogP contribution in [0, 0.1) is 18.6 Å². The maximum Gasteiger partial charge on any atom is 0.123 e. The number of rotatable bonds is 5. The average molecular weight is 392 g/mol. The lowest BCUT2D eigenvalue weighted by Gasteiger charge is -2.44. The quantitative estimate of drug-likeness (QED) is 0.551. The highest BCUT2D eigenvalue weighted by molar-refractivity contribution is 5.24. The first kappa shape index (κ1) is 19.7. The van der Waals surface area contributed by atoms with Crippen LogP contribution in [0.5, 0.6) is 0 Å². The molecule has 3 aromatic rings. The molecule has 0 bridgehead atoms. The summed E-state index contributed by atoms with van der Waals surface area (Å²) in [7, 11) is 0. The minimum Gasteiger partial charge on any atom is -0.280 e. The van der Waals surface area contributed by atoms with Gasteiger partial charge in [0.1, 0.15) is 11.6 Å². The van der Waals surface area contributed by atoms with Gasteiger partial charge in [-0.3, -0.25) is 9.80 Å². The summed E-state index contributed by atoms with van der Waals surface area (Å²) in [4.78, 5) is 4.85. The van der Waals surface area contributed by atoms with Gasteiger partial charge < -0.3 is 0 Å². The fourth-order valence-corrected chi connectivity index (χ4v) is 4.09. The Morgan fingerprint density at radius 1 is 0.690 bits per heavy atom. The second kappa shape index (κ2) is 8.85. The van der Waals surface area contributed by atoms with Crippen LogP contribution in [-0.2, 0) is 13.1 Å². The summed E-state index contributed by atoms with van der Waals surface area (Å²) in [6.07, 6.45) is 1.11. The van der Waals surface area contributed by atoms with Gasteiger partial charge in [0.25, 0.3) is 0 Å². The van der Waals surface area contributed by atoms with E-state index in [0.717, 1.165) is 43.7 Å². The Labute approximate surface area is 171 Å². The van der Waals surface area contributed by atoms with Crippen LogP contribution in [0.2, 0.25) is 0 Å². The summed E-state index contributed by atoms with van der Waals surface area (Å²) in [5, 5.41) is 0. The highest BCUT2D eigenvalue weighted by atomic mass is 19.1. The molecule has 3 aromatic carbocycles. The monoisotopic (exact) mass is 392 g/mol. The molecule has 0 spiro atoms. The fourth-order valence-electron chi connectivity index (χ4n) is 4.09. The van der Waals surface area contributed by atoms with Crippen LogP contribution in [0.25, 0.3) is 0 Å². The van der Waals surface area contributed by atoms with Gasteiger partial charge in [-0.05, 0) is 54.3 Å². The van der Waals surface area contributed by atoms with Gasteiger partial charge in [0.2, 0.25) is 0 Å². The summed E-state index contributed by atoms with van der Waals surface area (Å²) >= 11 is 0. The smallest absolute Gasteiger partial charge is 0.123 e. The summed E-state index contributed by atoms with van der Waals surface area (Å²) in [5.41, 5.74) is 4.68. The maximum absolute atomic E-state index is 13.6. The Bertz CT molecular complexity index is 865. The van der Waals surface area contributed by atoms with Crippen molar-refractivity contribution in [1.82, 2.24) is 9.80 Å². The number of nitrogens with zero attached hydrogens (tertiary/aromatic N) is 2. The van der Waals surface area contributed by atoms with E-state index in [1.54, 1.807) is 0 Å². The molecule has 0 aromatic heterocycles. The van der Waals surface area contributed by atoms with Gasteiger partial charge in [-0.2, -0.15) is 0 Å². The number of halogens is 2. The summed E-state index contributed by atoms with van der Waals surface area (Å²) in [6, 6.07) is 22.2. The van der Waals surface area contributed by atoms with Gasteiger partial charge in [-0.1, -0.05) is 54.1 Å². The van der Waals surface area contributed by atoms with Crippen LogP contribution in [-0.4, -0.2) is 22.9 Å². The van der Waals surface area contributed by atoms with Crippen molar-refractivity contribution in [2.24, 2.45) is 0 Å². The lowest BCUT2D eigenvalue weighted by Crippen LogP contribution is -2.46. The van der Waals surface area contributed by atoms with Crippen molar-refractivity contribution < 1.29 is 8.78 Å². The Morgan fingerprint density at radius 3 is 1.66 bits per heavy atom. The molecule has 4 rings (SSSR count). The Kier molecular flexibility index (Phi) is 6.02. The van der Waals surface area contributed by atoms with Crippen LogP contribution in [0.4, 0.5) is 8.78 Å². The molecule has 1 atom stereocenters. The summed E-state index contributed by atoms with van der Waals surface area (Å²) in [6.45, 7) is 5.59. The fraction of sp³-hybridized carbons (Fsp3) is 0.280. The van der Waals surface area contributed by atoms with Gasteiger partial charge in [-0.15, -0.1) is 0 Å². The number of aryl methyl sites for hydroxylation is 1. The molecule has 1 heterocycles. The SMILES string of the molecule is Cc1ccc(CN2CCCN(Cc3ccc(F)cc3)[C@@H]2c2ccc(F)cc2)cc1. The molecule has 1 saturated heterocycles. The van der Waals surface area contributed by atoms with Crippen LogP contribution in [0.15, 0.2) is 72.8 Å². The zero-order chi connectivity index (χ0) is 20.2. The van der Waals surface area contributed by atoms with Crippen molar-refractivity contribution in [3.05, 3.63) is 107 Å². The molecular formula is C25H26F2N2. The Hall–Kier alpha value is -2.56. The highest BCUT2D eigenvalue weighted by Crippen LogP contribution is 2.32. The van der Waals surface area contributed by atoms with Crippen LogP contribution in [0.1, 0.15) is 34.8 Å². The van der Waals surface area contributed by atoms with Gasteiger partial charge in [-0.25, -0.2) is 8.78 Å². The second-order valence-electron chi connectivity index (χ2n) is 7.83. The zero-order valence-corrected chi connectivity index (χ0v) is 16.7. The van der Waals surface area contributed by atoms with E-state index in [9.17, 15) is 8.78 Å². The van der Waals surface area contributed by atoms with E-state index in [1.165, 1.54) is 35.4 Å². The van der Waals surface area contributed by atoms with E-state index in [0.29, 0.717) is 0 Å². The lowest BCUT2D eigenvalue weighted by molar-refractivity contribution is -0.00913. The number of hydrogen-bond acceptors (Lipinski definition) is 2. The molecule has 0 N–H and O–H groups in total. The number of benzene rings is 3. The van der Waals surface area contributed by atoms with Crippen molar-refractivity contribution in [1.29, 1.82) is 0 Å². The van der Waals surface area contributed by atoms with Crippen LogP contribution >= 0.6 is 0 Å². The molecule has 150 valence electrons. The Morgan fingerprint density at radius 2 is 1.14 bits per heavy atom. The van der Waals surface area contributed by atoms with Crippen molar-refractivity contribution in [2.45, 2.75) is 32.6 Å². The third kappa shape index (κ3) is 4.89. The third-order valence-electron chi connectivity index (χ3n) is 5.56. The molecule has 1 fully saturated rings. The first-order valence-corrected chi connectivity index (χ1v) is 10.1. The maximum atomic E-state index is 13.6. The molecule has 0 amide bonds. The molecule has 0 unspecified atom stereocenters. The van der Waals surface area contributed by atoms with E-state index in [2.05, 4.69) is 41.0 Å². The predicted molar refractivity (Wildman–Crippen MR) is 112 cm³/mol. The van der Waals surface area contributed by atoms with E-state index in [-0.39, 0.29) is 17.8 Å². The van der Waals surface area contributed by atoms with Crippen molar-refractivity contribution in [3.63, 3.8) is 0 Å². The van der Waals surface area contributed by atoms with Gasteiger partial charge in [0.15, 0.2) is 0 Å². The molecule has 0 radical (unpaired) electrons. The third-order valence-corrected chi connectivity index (χ3v) is 5.56. The average Bonchev–Trinajstić information content (AvgIpc) is 2.73. The molecule has 1 aliphatic heterocycles. The first-order valence-electron chi connectivity index (χ1n) is 10.1. The second-order valence-corrected chi connectivity index (χ2v) is 7.83. The van der Waals surface area contributed by atoms with Gasteiger partial charge >= 0.3 is 0 Å². The zero-order valence-electron chi connectivity index (χ0n) is 16.7. The molecule has 4 heteroatoms. The normalized spacial score (nSPS) is 18.1. The standard InChI is InChI=1S/C25H26F2N2/c1-19-3-5-20(6-4-19)17-28-15-2-16-29(18-21-7-11-23(26)12-8-21)25(28)22-9-13-24(27)14-10-22/h3-14,25H,2,15-18H2,1H3/t25-/m1/s1. The van der Waals surface area contributed by atoms with E-state index in [1.807, 2.05) is 24.3 Å². The predicted octanol–water partition coefficient (Wildman–Crippen LogP) is 5.68. The molecule has 0 saturated carbocycles. The summed E-state index contributed by atoms with van der Waals surface area (Å²) < 4.78 is 26.9. The largest absolute Gasteiger partial charge is 0.280 e. The minimum atomic E-state index is -0.222. The highest BCUT2D eigenvalue weighted by Gasteiger charge is 2.30. The molecule has 2 nitrogen and oxygen atoms in total. The lowest BCUT2D eigenvalue weighted by atomic mass is 10.0. The van der Waals surface area contributed by atoms with Crippen LogP contribution < -0.4 is 0 Å². The summed E-state index contributed by atoms with van der Waals surface area (Å²) in [5.74, 6) is -0.441. The van der Waals surface area contributed by atoms with E-state index in [4.69, 9.17) is 0 Å². The first-order chi connectivity index (χ1) is 14.1. The minimum absolute atomic E-state index is 0.0516.